The molecule has 2 aromatic carbocycles. The molecule has 1 aliphatic heterocycles. The first kappa shape index (κ1) is 71.6. The van der Waals surface area contributed by atoms with E-state index in [2.05, 4.69) is 36.9 Å². The number of nitrogens with zero attached hydrogens (tertiary/aromatic N) is 5. The van der Waals surface area contributed by atoms with Crippen molar-refractivity contribution in [3.8, 4) is 0 Å². The van der Waals surface area contributed by atoms with Crippen LogP contribution in [0.1, 0.15) is 138 Å². The molecule has 88 heavy (non-hydrogen) atoms. The molecule has 2 heterocycles. The largest absolute Gasteiger partial charge is 0.477 e. The summed E-state index contributed by atoms with van der Waals surface area (Å²) in [5.74, 6) is -7.08. The second-order valence-corrected chi connectivity index (χ2v) is 24.4. The van der Waals surface area contributed by atoms with Gasteiger partial charge in [-0.15, -0.1) is 0 Å². The molecule has 0 unspecified atom stereocenters. The summed E-state index contributed by atoms with van der Waals surface area (Å²) in [5.41, 5.74) is -2.72. The molecule has 3 atom stereocenters. The lowest BCUT2D eigenvalue weighted by atomic mass is 10.0. The van der Waals surface area contributed by atoms with Gasteiger partial charge in [0.15, 0.2) is 0 Å². The number of halogens is 1. The van der Waals surface area contributed by atoms with Crippen LogP contribution in [0.2, 0.25) is 0 Å². The summed E-state index contributed by atoms with van der Waals surface area (Å²) >= 11 is 0. The Morgan fingerprint density at radius 3 is 1.84 bits per heavy atom. The molecule has 8 amide bonds. The van der Waals surface area contributed by atoms with Gasteiger partial charge >= 0.3 is 30.2 Å². The van der Waals surface area contributed by atoms with E-state index in [1.807, 2.05) is 0 Å². The molecule has 27 nitrogen and oxygen atoms in total. The van der Waals surface area contributed by atoms with Crippen LogP contribution in [0.5, 0.6) is 0 Å². The maximum Gasteiger partial charge on any atom is 0.414 e. The Bertz CT molecular complexity index is 3090. The van der Waals surface area contributed by atoms with Gasteiger partial charge in [0.2, 0.25) is 40.9 Å². The van der Waals surface area contributed by atoms with Gasteiger partial charge in [0.05, 0.1) is 11.2 Å². The second-order valence-electron chi connectivity index (χ2n) is 24.4. The third kappa shape index (κ3) is 23.4. The zero-order valence-electron chi connectivity index (χ0n) is 52.7. The number of guanidine groups is 1. The number of ether oxygens (including phenoxy) is 4. The van der Waals surface area contributed by atoms with Crippen LogP contribution in [0.3, 0.4) is 0 Å². The molecule has 1 aliphatic rings. The average Bonchev–Trinajstić information content (AvgIpc) is 0.800. The van der Waals surface area contributed by atoms with Crippen molar-refractivity contribution >= 4 is 88.0 Å². The molecular formula is C60H86FN11O16. The summed E-state index contributed by atoms with van der Waals surface area (Å²) in [7, 11) is 3.16. The number of aliphatic imine (C=N–C) groups is 1. The zero-order valence-corrected chi connectivity index (χ0v) is 52.7. The number of piperazine rings is 1. The van der Waals surface area contributed by atoms with Crippen molar-refractivity contribution < 1.29 is 76.4 Å². The number of aromatic nitrogens is 1. The monoisotopic (exact) mass is 1240 g/mol. The number of fused-ring (bicyclic) bond motifs is 1. The Morgan fingerprint density at radius 1 is 0.727 bits per heavy atom. The number of amides is 8. The number of alkyl carbamates (subject to hydrolysis) is 2. The van der Waals surface area contributed by atoms with Crippen molar-refractivity contribution in [1.29, 1.82) is 0 Å². The van der Waals surface area contributed by atoms with Crippen LogP contribution in [0.25, 0.3) is 10.9 Å². The number of esters is 1. The molecule has 1 fully saturated rings. The van der Waals surface area contributed by atoms with Crippen molar-refractivity contribution in [2.75, 3.05) is 57.0 Å². The number of carboxylic acids is 1. The minimum atomic E-state index is -1.43. The van der Waals surface area contributed by atoms with Crippen LogP contribution in [0.4, 0.5) is 30.1 Å². The molecule has 1 aromatic heterocycles. The molecule has 3 aromatic rings. The molecule has 0 bridgehead atoms. The van der Waals surface area contributed by atoms with Crippen molar-refractivity contribution in [1.82, 2.24) is 41.0 Å². The summed E-state index contributed by atoms with van der Waals surface area (Å²) in [6.45, 7) is 20.3. The predicted molar refractivity (Wildman–Crippen MR) is 324 cm³/mol. The van der Waals surface area contributed by atoms with Gasteiger partial charge < -0.3 is 64.6 Å². The third-order valence-electron chi connectivity index (χ3n) is 13.0. The summed E-state index contributed by atoms with van der Waals surface area (Å²) in [5, 5.41) is 24.9. The molecule has 28 heteroatoms. The van der Waals surface area contributed by atoms with E-state index in [-0.39, 0.29) is 101 Å². The van der Waals surface area contributed by atoms with E-state index >= 15 is 4.39 Å². The van der Waals surface area contributed by atoms with Crippen LogP contribution in [-0.2, 0) is 60.9 Å². The fraction of sp³-hybridized carbons (Fsp3) is 0.567. The number of aromatic carboxylic acids is 1. The van der Waals surface area contributed by atoms with Crippen molar-refractivity contribution in [2.24, 2.45) is 10.9 Å². The van der Waals surface area contributed by atoms with Crippen molar-refractivity contribution in [3.63, 3.8) is 0 Å². The number of nitrogens with one attached hydrogen (secondary N) is 6. The van der Waals surface area contributed by atoms with E-state index in [0.29, 0.717) is 17.6 Å². The number of rotatable bonds is 23. The van der Waals surface area contributed by atoms with Crippen LogP contribution < -0.4 is 42.2 Å². The number of anilines is 2. The molecule has 0 radical (unpaired) electrons. The van der Waals surface area contributed by atoms with Gasteiger partial charge in [0.25, 0.3) is 0 Å². The van der Waals surface area contributed by atoms with E-state index in [4.69, 9.17) is 18.9 Å². The molecule has 0 saturated carbocycles. The van der Waals surface area contributed by atoms with E-state index in [9.17, 15) is 57.8 Å². The summed E-state index contributed by atoms with van der Waals surface area (Å²) in [6.07, 6.45) is -2.09. The number of aryl methyl sites for hydroxylation is 1. The Labute approximate surface area is 511 Å². The highest BCUT2D eigenvalue weighted by Gasteiger charge is 2.33. The number of pyridine rings is 1. The minimum absolute atomic E-state index is 0.0629. The van der Waals surface area contributed by atoms with E-state index in [1.54, 1.807) is 119 Å². The highest BCUT2D eigenvalue weighted by atomic mass is 19.1. The first-order valence-corrected chi connectivity index (χ1v) is 29.0. The van der Waals surface area contributed by atoms with Gasteiger partial charge in [-0.05, 0) is 124 Å². The molecular weight excluding hydrogens is 1150 g/mol. The van der Waals surface area contributed by atoms with Crippen LogP contribution >= 0.6 is 0 Å². The second kappa shape index (κ2) is 31.7. The number of carboxylic acid groups (broad SMARTS) is 1. The van der Waals surface area contributed by atoms with Gasteiger partial charge in [-0.3, -0.25) is 49.2 Å². The van der Waals surface area contributed by atoms with E-state index < -0.39 is 117 Å². The van der Waals surface area contributed by atoms with Gasteiger partial charge in [0.1, 0.15) is 52.9 Å². The van der Waals surface area contributed by atoms with Crippen LogP contribution in [-0.4, -0.2) is 167 Å². The van der Waals surface area contributed by atoms with Gasteiger partial charge in [-0.1, -0.05) is 26.0 Å². The number of carbonyl (C=O) groups excluding carboxylic acids is 9. The number of hydrogen-bond acceptors (Lipinski definition) is 17. The highest BCUT2D eigenvalue weighted by Crippen LogP contribution is 2.27. The lowest BCUT2D eigenvalue weighted by Crippen LogP contribution is -2.58. The first-order chi connectivity index (χ1) is 40.9. The Balaban J connectivity index is 1.53. The Kier molecular flexibility index (Phi) is 25.8. The van der Waals surface area contributed by atoms with Crippen LogP contribution in [0.15, 0.2) is 52.4 Å². The third-order valence-corrected chi connectivity index (χ3v) is 13.0. The number of carbonyl (C=O) groups is 10. The summed E-state index contributed by atoms with van der Waals surface area (Å²) in [4.78, 5) is 153. The number of hydrogen-bond donors (Lipinski definition) is 7. The smallest absolute Gasteiger partial charge is 0.414 e. The van der Waals surface area contributed by atoms with Crippen molar-refractivity contribution in [2.45, 2.75) is 170 Å². The molecule has 7 N–H and O–H groups in total. The molecule has 484 valence electrons. The maximum atomic E-state index is 15.5. The molecule has 4 rings (SSSR count). The molecule has 0 aliphatic carbocycles. The Morgan fingerprint density at radius 2 is 1.31 bits per heavy atom. The standard InChI is InChI=1S/C60H86FN11O16/c1-15-70-33-39(53(80)81)49(76)38-31-40(61)44(32-43(38)70)71-27-29-72(30-28-71)57(84)85-34-36-19-21-37(22-20-36)63-50(77)42(25-26-62-54(67-55(82)87-59(7,8)9)68-56(83)88-60(10,11)12)65-52(79)48(35(2)3)66-51(78)41(23-24-47(75)86-58(4,5)6)64-45(73)17-16-18-46(74)69(13)14/h19-22,31-33,35,41-42,48H,15-18,23-30,34H2,1-14H3,(H,63,77)(H,64,73)(H,65,79)(H,66,78)(H,80,81)(H2,62,67,68,82,83)/t41-,42-,48-/m0/s1. The zero-order chi connectivity index (χ0) is 66.0. The summed E-state index contributed by atoms with van der Waals surface area (Å²) in [6, 6.07) is 4.61. The van der Waals surface area contributed by atoms with Crippen molar-refractivity contribution in [3.05, 3.63) is 69.8 Å². The predicted octanol–water partition coefficient (Wildman–Crippen LogP) is 5.54. The first-order valence-electron chi connectivity index (χ1n) is 29.0. The average molecular weight is 1240 g/mol. The fourth-order valence-electron chi connectivity index (χ4n) is 8.68. The van der Waals surface area contributed by atoms with Gasteiger partial charge in [0, 0.05) is 89.9 Å². The highest BCUT2D eigenvalue weighted by molar-refractivity contribution is 6.02. The van der Waals surface area contributed by atoms with Gasteiger partial charge in [-0.2, -0.15) is 0 Å². The maximum absolute atomic E-state index is 15.5. The lowest BCUT2D eigenvalue weighted by Gasteiger charge is -2.35. The minimum Gasteiger partial charge on any atom is -0.477 e. The quantitative estimate of drug-likeness (QED) is 0.0265. The number of benzene rings is 2. The van der Waals surface area contributed by atoms with Crippen LogP contribution in [0, 0.1) is 11.7 Å². The fourth-order valence-corrected chi connectivity index (χ4v) is 8.68. The topological polar surface area (TPSA) is 344 Å². The van der Waals surface area contributed by atoms with E-state index in [1.165, 1.54) is 34.2 Å². The molecule has 0 spiro atoms. The molecule has 1 saturated heterocycles. The van der Waals surface area contributed by atoms with E-state index in [0.717, 1.165) is 6.07 Å². The SMILES string of the molecule is CCn1cc(C(=O)O)c(=O)c2cc(F)c(N3CCN(C(=O)OCc4ccc(NC(=O)[C@H](CCN=C(NC(=O)OC(C)(C)C)NC(=O)OC(C)(C)C)NC(=O)[C@@H](NC(=O)[C@H](CCC(=O)OC(C)(C)C)NC(=O)CCCC(=O)N(C)C)C(C)C)cc4)CC3)cc21. The Hall–Kier alpha value is -8.85. The lowest BCUT2D eigenvalue weighted by molar-refractivity contribution is -0.155. The summed E-state index contributed by atoms with van der Waals surface area (Å²) < 4.78 is 38.8. The van der Waals surface area contributed by atoms with Gasteiger partial charge in [-0.25, -0.2) is 23.6 Å². The normalized spacial score (nSPS) is 13.6.